The molecule has 0 N–H and O–H groups in total. The molecule has 30 heavy (non-hydrogen) atoms. The Labute approximate surface area is 177 Å². The van der Waals surface area contributed by atoms with Crippen LogP contribution in [0.4, 0.5) is 0 Å². The first kappa shape index (κ1) is 19.8. The van der Waals surface area contributed by atoms with Gasteiger partial charge in [-0.1, -0.05) is 85.3 Å². The molecular formula is C26H25N3O. The summed E-state index contributed by atoms with van der Waals surface area (Å²) in [5.41, 5.74) is 4.24. The predicted octanol–water partition coefficient (Wildman–Crippen LogP) is 5.23. The molecule has 0 aliphatic heterocycles. The van der Waals surface area contributed by atoms with Crippen molar-refractivity contribution in [1.29, 1.82) is 0 Å². The Balaban J connectivity index is 1.61. The normalized spacial score (nSPS) is 11.9. The van der Waals surface area contributed by atoms with Gasteiger partial charge in [0, 0.05) is 30.0 Å². The molecule has 0 fully saturated rings. The average Bonchev–Trinajstić information content (AvgIpc) is 3.20. The Bertz CT molecular complexity index is 1120. The van der Waals surface area contributed by atoms with Crippen LogP contribution in [0.3, 0.4) is 0 Å². The van der Waals surface area contributed by atoms with E-state index in [4.69, 9.17) is 0 Å². The van der Waals surface area contributed by atoms with Gasteiger partial charge < -0.3 is 0 Å². The minimum absolute atomic E-state index is 0.151. The summed E-state index contributed by atoms with van der Waals surface area (Å²) in [6.45, 7) is 4.03. The highest BCUT2D eigenvalue weighted by molar-refractivity contribution is 5.83. The van der Waals surface area contributed by atoms with Gasteiger partial charge in [-0.05, 0) is 24.6 Å². The lowest BCUT2D eigenvalue weighted by Gasteiger charge is -2.14. The second-order valence-electron chi connectivity index (χ2n) is 7.71. The third-order valence-corrected chi connectivity index (χ3v) is 5.31. The maximum absolute atomic E-state index is 12.9. The molecule has 4 heteroatoms. The lowest BCUT2D eigenvalue weighted by atomic mass is 9.96. The lowest BCUT2D eigenvalue weighted by Crippen LogP contribution is -2.18. The summed E-state index contributed by atoms with van der Waals surface area (Å²) >= 11 is 0. The van der Waals surface area contributed by atoms with E-state index in [1.165, 1.54) is 5.56 Å². The third kappa shape index (κ3) is 4.38. The van der Waals surface area contributed by atoms with Crippen molar-refractivity contribution in [1.82, 2.24) is 14.8 Å². The number of ketones is 1. The number of nitrogens with zero attached hydrogens (tertiary/aromatic N) is 3. The molecule has 0 aliphatic carbocycles. The molecule has 150 valence electrons. The van der Waals surface area contributed by atoms with Crippen LogP contribution in [0.15, 0.2) is 84.9 Å². The zero-order valence-corrected chi connectivity index (χ0v) is 17.3. The Morgan fingerprint density at radius 3 is 2.17 bits per heavy atom. The van der Waals surface area contributed by atoms with Crippen molar-refractivity contribution in [2.45, 2.75) is 26.7 Å². The molecular weight excluding hydrogens is 370 g/mol. The van der Waals surface area contributed by atoms with E-state index in [0.29, 0.717) is 12.8 Å². The van der Waals surface area contributed by atoms with Crippen molar-refractivity contribution in [3.8, 4) is 17.1 Å². The first-order chi connectivity index (χ1) is 14.6. The molecule has 4 aromatic rings. The van der Waals surface area contributed by atoms with Gasteiger partial charge in [0.25, 0.3) is 0 Å². The van der Waals surface area contributed by atoms with Crippen molar-refractivity contribution in [2.24, 2.45) is 5.92 Å². The highest BCUT2D eigenvalue weighted by Crippen LogP contribution is 2.24. The standard InChI is InChI=1S/C26H25N3O/c1-19-13-15-21(16-14-19)18-24(30)20(2)17-25-27-28-26(22-9-5-3-6-10-22)29(25)23-11-7-4-8-12-23/h3-16,20H,17-18H2,1-2H3. The van der Waals surface area contributed by atoms with Crippen LogP contribution < -0.4 is 0 Å². The average molecular weight is 396 g/mol. The number of Topliss-reactive ketones (excluding diaryl/α,β-unsaturated/α-hetero) is 1. The van der Waals surface area contributed by atoms with E-state index in [-0.39, 0.29) is 11.7 Å². The van der Waals surface area contributed by atoms with Crippen LogP contribution in [-0.4, -0.2) is 20.5 Å². The van der Waals surface area contributed by atoms with Crippen LogP contribution >= 0.6 is 0 Å². The maximum atomic E-state index is 12.9. The SMILES string of the molecule is Cc1ccc(CC(=O)C(C)Cc2nnc(-c3ccccc3)n2-c2ccccc2)cc1. The topological polar surface area (TPSA) is 47.8 Å². The van der Waals surface area contributed by atoms with Crippen LogP contribution in [0.5, 0.6) is 0 Å². The Hall–Kier alpha value is -3.53. The van der Waals surface area contributed by atoms with Gasteiger partial charge in [0.1, 0.15) is 11.6 Å². The fourth-order valence-electron chi connectivity index (χ4n) is 3.54. The maximum Gasteiger partial charge on any atom is 0.168 e. The lowest BCUT2D eigenvalue weighted by molar-refractivity contribution is -0.121. The molecule has 0 bridgehead atoms. The molecule has 0 aliphatic rings. The molecule has 4 rings (SSSR count). The van der Waals surface area contributed by atoms with E-state index >= 15 is 0 Å². The summed E-state index contributed by atoms with van der Waals surface area (Å²) in [5, 5.41) is 8.94. The van der Waals surface area contributed by atoms with Gasteiger partial charge in [0.15, 0.2) is 5.82 Å². The highest BCUT2D eigenvalue weighted by Gasteiger charge is 2.21. The van der Waals surface area contributed by atoms with Crippen molar-refractivity contribution in [3.05, 3.63) is 102 Å². The van der Waals surface area contributed by atoms with Gasteiger partial charge >= 0.3 is 0 Å². The fraction of sp³-hybridized carbons (Fsp3) is 0.192. The summed E-state index contributed by atoms with van der Waals surface area (Å²) in [7, 11) is 0. The van der Waals surface area contributed by atoms with E-state index in [1.807, 2.05) is 91.9 Å². The number of hydrogen-bond donors (Lipinski definition) is 0. The smallest absolute Gasteiger partial charge is 0.168 e. The van der Waals surface area contributed by atoms with E-state index in [0.717, 1.165) is 28.5 Å². The zero-order chi connectivity index (χ0) is 20.9. The molecule has 1 aromatic heterocycles. The summed E-state index contributed by atoms with van der Waals surface area (Å²) in [6, 6.07) is 28.2. The van der Waals surface area contributed by atoms with Crippen molar-refractivity contribution >= 4 is 5.78 Å². The first-order valence-corrected chi connectivity index (χ1v) is 10.2. The van der Waals surface area contributed by atoms with E-state index in [2.05, 4.69) is 21.7 Å². The molecule has 0 saturated heterocycles. The summed E-state index contributed by atoms with van der Waals surface area (Å²) < 4.78 is 2.06. The van der Waals surface area contributed by atoms with Gasteiger partial charge in [0.05, 0.1) is 0 Å². The number of rotatable bonds is 7. The fourth-order valence-corrected chi connectivity index (χ4v) is 3.54. The van der Waals surface area contributed by atoms with Gasteiger partial charge in [-0.2, -0.15) is 0 Å². The number of hydrogen-bond acceptors (Lipinski definition) is 3. The first-order valence-electron chi connectivity index (χ1n) is 10.2. The molecule has 0 amide bonds. The number of benzene rings is 3. The van der Waals surface area contributed by atoms with E-state index in [9.17, 15) is 4.79 Å². The quantitative estimate of drug-likeness (QED) is 0.430. The zero-order valence-electron chi connectivity index (χ0n) is 17.3. The van der Waals surface area contributed by atoms with Crippen LogP contribution in [0.2, 0.25) is 0 Å². The number of aromatic nitrogens is 3. The Morgan fingerprint density at radius 2 is 1.50 bits per heavy atom. The van der Waals surface area contributed by atoms with Crippen LogP contribution in [0.25, 0.3) is 17.1 Å². The molecule has 1 heterocycles. The Morgan fingerprint density at radius 1 is 0.867 bits per heavy atom. The third-order valence-electron chi connectivity index (χ3n) is 5.31. The van der Waals surface area contributed by atoms with E-state index < -0.39 is 0 Å². The molecule has 0 radical (unpaired) electrons. The number of carbonyl (C=O) groups excluding carboxylic acids is 1. The van der Waals surface area contributed by atoms with Crippen LogP contribution in [-0.2, 0) is 17.6 Å². The molecule has 0 saturated carbocycles. The molecule has 4 nitrogen and oxygen atoms in total. The second-order valence-corrected chi connectivity index (χ2v) is 7.71. The van der Waals surface area contributed by atoms with Gasteiger partial charge in [0.2, 0.25) is 0 Å². The minimum Gasteiger partial charge on any atom is -0.299 e. The van der Waals surface area contributed by atoms with Gasteiger partial charge in [-0.3, -0.25) is 9.36 Å². The minimum atomic E-state index is -0.151. The van der Waals surface area contributed by atoms with Crippen molar-refractivity contribution in [3.63, 3.8) is 0 Å². The molecule has 3 aromatic carbocycles. The second kappa shape index (κ2) is 8.87. The molecule has 1 unspecified atom stereocenters. The van der Waals surface area contributed by atoms with Gasteiger partial charge in [-0.25, -0.2) is 0 Å². The highest BCUT2D eigenvalue weighted by atomic mass is 16.1. The van der Waals surface area contributed by atoms with Crippen molar-refractivity contribution < 1.29 is 4.79 Å². The number of para-hydroxylation sites is 1. The molecule has 0 spiro atoms. The number of carbonyl (C=O) groups is 1. The van der Waals surface area contributed by atoms with E-state index in [1.54, 1.807) is 0 Å². The summed E-state index contributed by atoms with van der Waals surface area (Å²) in [4.78, 5) is 12.9. The molecule has 1 atom stereocenters. The number of aryl methyl sites for hydroxylation is 1. The largest absolute Gasteiger partial charge is 0.299 e. The Kier molecular flexibility index (Phi) is 5.84. The summed E-state index contributed by atoms with van der Waals surface area (Å²) in [6.07, 6.45) is 0.978. The van der Waals surface area contributed by atoms with Crippen molar-refractivity contribution in [2.75, 3.05) is 0 Å². The van der Waals surface area contributed by atoms with Crippen LogP contribution in [0, 0.1) is 12.8 Å². The van der Waals surface area contributed by atoms with Crippen LogP contribution in [0.1, 0.15) is 23.9 Å². The predicted molar refractivity (Wildman–Crippen MR) is 120 cm³/mol. The monoisotopic (exact) mass is 395 g/mol. The van der Waals surface area contributed by atoms with Gasteiger partial charge in [-0.15, -0.1) is 10.2 Å². The summed E-state index contributed by atoms with van der Waals surface area (Å²) in [5.74, 6) is 1.64.